The van der Waals surface area contributed by atoms with Crippen molar-refractivity contribution in [2.75, 3.05) is 13.7 Å². The minimum Gasteiger partial charge on any atom is -0.483 e. The first kappa shape index (κ1) is 19.5. The first-order chi connectivity index (χ1) is 12.4. The summed E-state index contributed by atoms with van der Waals surface area (Å²) in [6.45, 7) is 1.60. The molecule has 0 unspecified atom stereocenters. The van der Waals surface area contributed by atoms with Gasteiger partial charge in [0.05, 0.1) is 12.7 Å². The van der Waals surface area contributed by atoms with Crippen molar-refractivity contribution < 1.29 is 23.9 Å². The molecule has 0 saturated heterocycles. The van der Waals surface area contributed by atoms with Gasteiger partial charge in [0.15, 0.2) is 6.61 Å². The number of rotatable bonds is 5. The van der Waals surface area contributed by atoms with Crippen molar-refractivity contribution in [3.8, 4) is 5.75 Å². The molecular weight excluding hydrogens is 404 g/mol. The molecule has 7 nitrogen and oxygen atoms in total. The molecule has 2 aromatic rings. The van der Waals surface area contributed by atoms with E-state index in [-0.39, 0.29) is 17.7 Å². The Morgan fingerprint density at radius 3 is 2.46 bits per heavy atom. The summed E-state index contributed by atoms with van der Waals surface area (Å²) in [6, 6.07) is 11.4. The van der Waals surface area contributed by atoms with Gasteiger partial charge < -0.3 is 9.47 Å². The van der Waals surface area contributed by atoms with Gasteiger partial charge in [0.1, 0.15) is 5.75 Å². The monoisotopic (exact) mass is 420 g/mol. The normalized spacial score (nSPS) is 9.96. The molecule has 0 radical (unpaired) electrons. The van der Waals surface area contributed by atoms with Crippen LogP contribution in [0, 0.1) is 6.92 Å². The van der Waals surface area contributed by atoms with Crippen LogP contribution in [0.1, 0.15) is 26.3 Å². The van der Waals surface area contributed by atoms with Gasteiger partial charge in [0.25, 0.3) is 11.8 Å². The Hall–Kier alpha value is -2.87. The minimum absolute atomic E-state index is 0.206. The molecular formula is C18H17BrN2O5. The van der Waals surface area contributed by atoms with E-state index < -0.39 is 17.8 Å². The van der Waals surface area contributed by atoms with Crippen molar-refractivity contribution in [2.24, 2.45) is 0 Å². The molecule has 0 aliphatic rings. The predicted molar refractivity (Wildman–Crippen MR) is 97.8 cm³/mol. The van der Waals surface area contributed by atoms with Gasteiger partial charge >= 0.3 is 5.97 Å². The summed E-state index contributed by atoms with van der Waals surface area (Å²) in [4.78, 5) is 35.4. The van der Waals surface area contributed by atoms with Crippen molar-refractivity contribution in [1.82, 2.24) is 10.9 Å². The van der Waals surface area contributed by atoms with Crippen molar-refractivity contribution in [3.63, 3.8) is 0 Å². The molecule has 0 heterocycles. The number of hydrogen-bond acceptors (Lipinski definition) is 5. The number of hydrazine groups is 1. The van der Waals surface area contributed by atoms with Crippen LogP contribution in [0.3, 0.4) is 0 Å². The lowest BCUT2D eigenvalue weighted by atomic mass is 10.1. The van der Waals surface area contributed by atoms with E-state index in [2.05, 4.69) is 31.5 Å². The molecule has 2 rings (SSSR count). The molecule has 0 atom stereocenters. The molecule has 0 aromatic heterocycles. The van der Waals surface area contributed by atoms with Crippen molar-refractivity contribution in [3.05, 3.63) is 63.6 Å². The van der Waals surface area contributed by atoms with Crippen molar-refractivity contribution in [1.29, 1.82) is 0 Å². The summed E-state index contributed by atoms with van der Waals surface area (Å²) in [7, 11) is 1.25. The maximum absolute atomic E-state index is 12.1. The highest BCUT2D eigenvalue weighted by molar-refractivity contribution is 9.10. The van der Waals surface area contributed by atoms with Crippen LogP contribution < -0.4 is 15.6 Å². The van der Waals surface area contributed by atoms with Gasteiger partial charge in [0.2, 0.25) is 0 Å². The zero-order chi connectivity index (χ0) is 19.1. The van der Waals surface area contributed by atoms with Crippen molar-refractivity contribution >= 4 is 33.7 Å². The summed E-state index contributed by atoms with van der Waals surface area (Å²) in [5, 5.41) is 0. The van der Waals surface area contributed by atoms with Crippen LogP contribution in [0.2, 0.25) is 0 Å². The number of hydrogen-bond donors (Lipinski definition) is 2. The van der Waals surface area contributed by atoms with E-state index >= 15 is 0 Å². The summed E-state index contributed by atoms with van der Waals surface area (Å²) in [5.41, 5.74) is 5.83. The molecule has 0 aliphatic carbocycles. The lowest BCUT2D eigenvalue weighted by Gasteiger charge is -2.11. The Morgan fingerprint density at radius 2 is 1.77 bits per heavy atom. The third-order valence-corrected chi connectivity index (χ3v) is 3.85. The van der Waals surface area contributed by atoms with Crippen LogP contribution in [0.5, 0.6) is 5.75 Å². The summed E-state index contributed by atoms with van der Waals surface area (Å²) in [6.07, 6.45) is 0. The van der Waals surface area contributed by atoms with Crippen LogP contribution in [-0.2, 0) is 9.53 Å². The van der Waals surface area contributed by atoms with Crippen LogP contribution in [0.25, 0.3) is 0 Å². The number of esters is 1. The fourth-order valence-corrected chi connectivity index (χ4v) is 2.53. The highest BCUT2D eigenvalue weighted by Crippen LogP contribution is 2.21. The number of amides is 2. The molecule has 136 valence electrons. The van der Waals surface area contributed by atoms with E-state index in [0.29, 0.717) is 5.75 Å². The lowest BCUT2D eigenvalue weighted by molar-refractivity contribution is -0.123. The van der Waals surface area contributed by atoms with E-state index in [0.717, 1.165) is 10.0 Å². The smallest absolute Gasteiger partial charge is 0.337 e. The van der Waals surface area contributed by atoms with Gasteiger partial charge in [0, 0.05) is 10.0 Å². The third kappa shape index (κ3) is 5.32. The molecule has 0 spiro atoms. The zero-order valence-electron chi connectivity index (χ0n) is 14.2. The molecule has 0 bridgehead atoms. The van der Waals surface area contributed by atoms with E-state index in [1.165, 1.54) is 25.3 Å². The molecule has 0 fully saturated rings. The molecule has 2 N–H and O–H groups in total. The predicted octanol–water partition coefficient (Wildman–Crippen LogP) is 2.38. The number of aryl methyl sites for hydroxylation is 1. The van der Waals surface area contributed by atoms with Gasteiger partial charge in [-0.15, -0.1) is 0 Å². The number of carbonyl (C=O) groups is 3. The van der Waals surface area contributed by atoms with Crippen LogP contribution >= 0.6 is 15.9 Å². The quantitative estimate of drug-likeness (QED) is 0.571. The Bertz CT molecular complexity index is 838. The SMILES string of the molecule is COC(=O)c1cccc(C(=O)NNC(=O)COc2ccc(Br)cc2C)c1. The number of benzene rings is 2. The van der Waals surface area contributed by atoms with E-state index in [1.807, 2.05) is 13.0 Å². The second-order valence-corrected chi connectivity index (χ2v) is 6.19. The first-order valence-corrected chi connectivity index (χ1v) is 8.36. The number of carbonyl (C=O) groups excluding carboxylic acids is 3. The Morgan fingerprint density at radius 1 is 1.04 bits per heavy atom. The molecule has 2 aromatic carbocycles. The molecule has 0 aliphatic heterocycles. The largest absolute Gasteiger partial charge is 0.483 e. The molecule has 2 amide bonds. The number of methoxy groups -OCH3 is 1. The fraction of sp³-hybridized carbons (Fsp3) is 0.167. The van der Waals surface area contributed by atoms with Gasteiger partial charge in [-0.05, 0) is 48.9 Å². The third-order valence-electron chi connectivity index (χ3n) is 3.36. The molecule has 26 heavy (non-hydrogen) atoms. The average molecular weight is 421 g/mol. The van der Waals surface area contributed by atoms with Gasteiger partial charge in [-0.25, -0.2) is 4.79 Å². The zero-order valence-corrected chi connectivity index (χ0v) is 15.8. The van der Waals surface area contributed by atoms with E-state index in [4.69, 9.17) is 4.74 Å². The maximum Gasteiger partial charge on any atom is 0.337 e. The first-order valence-electron chi connectivity index (χ1n) is 7.57. The standard InChI is InChI=1S/C18H17BrN2O5/c1-11-8-14(19)6-7-15(11)26-10-16(22)20-21-17(23)12-4-3-5-13(9-12)18(24)25-2/h3-9H,10H2,1-2H3,(H,20,22)(H,21,23). The summed E-state index contributed by atoms with van der Waals surface area (Å²) >= 11 is 3.35. The molecule has 8 heteroatoms. The number of halogens is 1. The van der Waals surface area contributed by atoms with Gasteiger partial charge in [-0.3, -0.25) is 20.4 Å². The average Bonchev–Trinajstić information content (AvgIpc) is 2.64. The lowest BCUT2D eigenvalue weighted by Crippen LogP contribution is -2.43. The Labute approximate surface area is 158 Å². The van der Waals surface area contributed by atoms with E-state index in [9.17, 15) is 14.4 Å². The van der Waals surface area contributed by atoms with Crippen LogP contribution in [0.4, 0.5) is 0 Å². The van der Waals surface area contributed by atoms with Crippen molar-refractivity contribution in [2.45, 2.75) is 6.92 Å². The van der Waals surface area contributed by atoms with Crippen LogP contribution in [0.15, 0.2) is 46.9 Å². The van der Waals surface area contributed by atoms with E-state index in [1.54, 1.807) is 18.2 Å². The van der Waals surface area contributed by atoms with Gasteiger partial charge in [-0.1, -0.05) is 22.0 Å². The Kier molecular flexibility index (Phi) is 6.74. The fourth-order valence-electron chi connectivity index (χ4n) is 2.06. The Balaban J connectivity index is 1.87. The number of ether oxygens (including phenoxy) is 2. The topological polar surface area (TPSA) is 93.7 Å². The maximum atomic E-state index is 12.1. The summed E-state index contributed by atoms with van der Waals surface area (Å²) < 4.78 is 10.9. The minimum atomic E-state index is -0.566. The number of nitrogens with one attached hydrogen (secondary N) is 2. The van der Waals surface area contributed by atoms with Gasteiger partial charge in [-0.2, -0.15) is 0 Å². The highest BCUT2D eigenvalue weighted by atomic mass is 79.9. The highest BCUT2D eigenvalue weighted by Gasteiger charge is 2.12. The second kappa shape index (κ2) is 9.00. The molecule has 0 saturated carbocycles. The van der Waals surface area contributed by atoms with Crippen LogP contribution in [-0.4, -0.2) is 31.5 Å². The summed E-state index contributed by atoms with van der Waals surface area (Å²) in [5.74, 6) is -1.07. The second-order valence-electron chi connectivity index (χ2n) is 5.27.